The molecule has 0 radical (unpaired) electrons. The fourth-order valence-corrected chi connectivity index (χ4v) is 2.87. The monoisotopic (exact) mass is 266 g/mol. The number of benzene rings is 1. The third-order valence-electron chi connectivity index (χ3n) is 3.44. The van der Waals surface area contributed by atoms with Crippen LogP contribution in [0.2, 0.25) is 0 Å². The third-order valence-corrected chi connectivity index (χ3v) is 5.22. The van der Waals surface area contributed by atoms with Crippen molar-refractivity contribution < 1.29 is 9.00 Å². The van der Waals surface area contributed by atoms with E-state index in [1.807, 2.05) is 46.8 Å². The fourth-order valence-electron chi connectivity index (χ4n) is 1.80. The second kappa shape index (κ2) is 6.28. The third kappa shape index (κ3) is 3.52. The lowest BCUT2D eigenvalue weighted by atomic mass is 9.99. The summed E-state index contributed by atoms with van der Waals surface area (Å²) in [6.45, 7) is 9.89. The largest absolute Gasteiger partial charge is 0.293 e. The first kappa shape index (κ1) is 15.1. The van der Waals surface area contributed by atoms with Gasteiger partial charge >= 0.3 is 0 Å². The molecular weight excluding hydrogens is 244 g/mol. The van der Waals surface area contributed by atoms with Crippen molar-refractivity contribution in [2.45, 2.75) is 46.3 Å². The Morgan fingerprint density at radius 1 is 1.17 bits per heavy atom. The van der Waals surface area contributed by atoms with Crippen molar-refractivity contribution in [3.63, 3.8) is 0 Å². The fraction of sp³-hybridized carbons (Fsp3) is 0.533. The second-order valence-electron chi connectivity index (χ2n) is 4.92. The van der Waals surface area contributed by atoms with Crippen molar-refractivity contribution in [2.24, 2.45) is 0 Å². The van der Waals surface area contributed by atoms with Crippen LogP contribution in [0.4, 0.5) is 0 Å². The van der Waals surface area contributed by atoms with E-state index in [-0.39, 0.29) is 16.8 Å². The van der Waals surface area contributed by atoms with Crippen LogP contribution >= 0.6 is 0 Å². The van der Waals surface area contributed by atoms with Crippen LogP contribution in [0.1, 0.15) is 47.3 Å². The molecule has 0 heterocycles. The van der Waals surface area contributed by atoms with E-state index < -0.39 is 10.8 Å². The average Bonchev–Trinajstić information content (AvgIpc) is 2.32. The van der Waals surface area contributed by atoms with Crippen LogP contribution in [0, 0.1) is 20.8 Å². The smallest absolute Gasteiger partial charge is 0.175 e. The summed E-state index contributed by atoms with van der Waals surface area (Å²) in [5.74, 6) is 0.132. The highest BCUT2D eigenvalue weighted by atomic mass is 32.2. The lowest BCUT2D eigenvalue weighted by molar-refractivity contribution is 0.102. The highest BCUT2D eigenvalue weighted by molar-refractivity contribution is 7.86. The van der Waals surface area contributed by atoms with Gasteiger partial charge in [0.05, 0.1) is 5.75 Å². The van der Waals surface area contributed by atoms with E-state index in [1.165, 1.54) is 5.56 Å². The highest BCUT2D eigenvalue weighted by Gasteiger charge is 2.17. The molecule has 0 saturated carbocycles. The molecule has 2 nitrogen and oxygen atoms in total. The van der Waals surface area contributed by atoms with E-state index in [0.29, 0.717) is 0 Å². The van der Waals surface area contributed by atoms with E-state index in [1.54, 1.807) is 0 Å². The number of carbonyl (C=O) groups is 1. The summed E-state index contributed by atoms with van der Waals surface area (Å²) in [7, 11) is -1.07. The Balaban J connectivity index is 2.92. The maximum atomic E-state index is 12.2. The zero-order chi connectivity index (χ0) is 13.9. The standard InChI is InChI=1S/C15H22O2S/c1-6-13(5)18(17)9-15(16)14-8-11(3)10(2)7-12(14)4/h7-8,13H,6,9H2,1-5H3. The van der Waals surface area contributed by atoms with Gasteiger partial charge in [-0.2, -0.15) is 0 Å². The zero-order valence-corrected chi connectivity index (χ0v) is 12.7. The SMILES string of the molecule is CCC(C)S(=O)CC(=O)c1cc(C)c(C)cc1C. The summed E-state index contributed by atoms with van der Waals surface area (Å²) in [4.78, 5) is 12.2. The lowest BCUT2D eigenvalue weighted by Crippen LogP contribution is -2.20. The van der Waals surface area contributed by atoms with Gasteiger partial charge in [-0.25, -0.2) is 0 Å². The minimum atomic E-state index is -1.07. The minimum Gasteiger partial charge on any atom is -0.293 e. The van der Waals surface area contributed by atoms with Crippen LogP contribution in [0.25, 0.3) is 0 Å². The van der Waals surface area contributed by atoms with Crippen LogP contribution in [-0.4, -0.2) is 21.0 Å². The Hall–Kier alpha value is -0.960. The average molecular weight is 266 g/mol. The molecule has 0 spiro atoms. The molecule has 0 N–H and O–H groups in total. The molecule has 18 heavy (non-hydrogen) atoms. The maximum Gasteiger partial charge on any atom is 0.175 e. The predicted octanol–water partition coefficient (Wildman–Crippen LogP) is 3.34. The zero-order valence-electron chi connectivity index (χ0n) is 11.9. The number of Topliss-reactive ketones (excluding diaryl/α,β-unsaturated/α-hetero) is 1. The van der Waals surface area contributed by atoms with Gasteiger partial charge in [-0.3, -0.25) is 9.00 Å². The summed E-state index contributed by atoms with van der Waals surface area (Å²) in [6, 6.07) is 3.94. The van der Waals surface area contributed by atoms with Gasteiger partial charge in [-0.1, -0.05) is 19.9 Å². The van der Waals surface area contributed by atoms with Gasteiger partial charge < -0.3 is 0 Å². The molecule has 2 atom stereocenters. The van der Waals surface area contributed by atoms with E-state index in [9.17, 15) is 9.00 Å². The van der Waals surface area contributed by atoms with Crippen LogP contribution < -0.4 is 0 Å². The Labute approximate surface area is 112 Å². The number of rotatable bonds is 5. The van der Waals surface area contributed by atoms with Crippen molar-refractivity contribution in [1.82, 2.24) is 0 Å². The number of hydrogen-bond acceptors (Lipinski definition) is 2. The normalized spacial score (nSPS) is 14.3. The molecule has 0 saturated heterocycles. The minimum absolute atomic E-state index is 0.00534. The number of carbonyl (C=O) groups excluding carboxylic acids is 1. The molecular formula is C15H22O2S. The number of hydrogen-bond donors (Lipinski definition) is 0. The Bertz CT molecular complexity index is 478. The second-order valence-corrected chi connectivity index (χ2v) is 6.77. The Morgan fingerprint density at radius 3 is 2.28 bits per heavy atom. The predicted molar refractivity (Wildman–Crippen MR) is 77.7 cm³/mol. The summed E-state index contributed by atoms with van der Waals surface area (Å²) in [6.07, 6.45) is 0.839. The van der Waals surface area contributed by atoms with Crippen molar-refractivity contribution in [1.29, 1.82) is 0 Å². The molecule has 0 fully saturated rings. The topological polar surface area (TPSA) is 34.1 Å². The van der Waals surface area contributed by atoms with Gasteiger partial charge in [0.2, 0.25) is 0 Å². The van der Waals surface area contributed by atoms with Crippen molar-refractivity contribution >= 4 is 16.6 Å². The van der Waals surface area contributed by atoms with Crippen molar-refractivity contribution in [3.05, 3.63) is 34.4 Å². The van der Waals surface area contributed by atoms with Gasteiger partial charge in [-0.15, -0.1) is 0 Å². The molecule has 0 aliphatic rings. The molecule has 1 aromatic carbocycles. The van der Waals surface area contributed by atoms with E-state index >= 15 is 0 Å². The Kier molecular flexibility index (Phi) is 5.27. The van der Waals surface area contributed by atoms with Gasteiger partial charge in [0, 0.05) is 21.6 Å². The van der Waals surface area contributed by atoms with Gasteiger partial charge in [-0.05, 0) is 49.9 Å². The van der Waals surface area contributed by atoms with Crippen LogP contribution in [0.15, 0.2) is 12.1 Å². The number of aryl methyl sites for hydroxylation is 3. The van der Waals surface area contributed by atoms with Gasteiger partial charge in [0.25, 0.3) is 0 Å². The first-order valence-electron chi connectivity index (χ1n) is 6.35. The van der Waals surface area contributed by atoms with E-state index in [0.717, 1.165) is 23.1 Å². The molecule has 1 aromatic rings. The molecule has 0 aromatic heterocycles. The maximum absolute atomic E-state index is 12.2. The van der Waals surface area contributed by atoms with Crippen LogP contribution in [-0.2, 0) is 10.8 Å². The molecule has 3 heteroatoms. The molecule has 100 valence electrons. The van der Waals surface area contributed by atoms with Crippen molar-refractivity contribution in [3.8, 4) is 0 Å². The summed E-state index contributed by atoms with van der Waals surface area (Å²) in [5.41, 5.74) is 3.99. The molecule has 1 rings (SSSR count). The van der Waals surface area contributed by atoms with Gasteiger partial charge in [0.1, 0.15) is 0 Å². The first-order valence-corrected chi connectivity index (χ1v) is 7.73. The molecule has 0 aliphatic heterocycles. The molecule has 2 unspecified atom stereocenters. The summed E-state index contributed by atoms with van der Waals surface area (Å²) < 4.78 is 11.9. The molecule has 0 bridgehead atoms. The summed E-state index contributed by atoms with van der Waals surface area (Å²) in [5, 5.41) is 0.0841. The quantitative estimate of drug-likeness (QED) is 0.766. The number of ketones is 1. The van der Waals surface area contributed by atoms with E-state index in [4.69, 9.17) is 0 Å². The Morgan fingerprint density at radius 2 is 1.72 bits per heavy atom. The first-order chi connectivity index (χ1) is 8.36. The summed E-state index contributed by atoms with van der Waals surface area (Å²) >= 11 is 0. The van der Waals surface area contributed by atoms with E-state index in [2.05, 4.69) is 0 Å². The van der Waals surface area contributed by atoms with Crippen molar-refractivity contribution in [2.75, 3.05) is 5.75 Å². The highest BCUT2D eigenvalue weighted by Crippen LogP contribution is 2.16. The molecule has 0 amide bonds. The van der Waals surface area contributed by atoms with Crippen LogP contribution in [0.5, 0.6) is 0 Å². The van der Waals surface area contributed by atoms with Gasteiger partial charge in [0.15, 0.2) is 5.78 Å². The van der Waals surface area contributed by atoms with Crippen LogP contribution in [0.3, 0.4) is 0 Å². The molecule has 0 aliphatic carbocycles. The lowest BCUT2D eigenvalue weighted by Gasteiger charge is -2.11.